The van der Waals surface area contributed by atoms with Gasteiger partial charge in [-0.15, -0.1) is 0 Å². The minimum atomic E-state index is -0.259. The fraction of sp³-hybridized carbons (Fsp3) is 0.0667. The summed E-state index contributed by atoms with van der Waals surface area (Å²) in [5.74, 6) is -0.259. The standard InChI is InChI=1S/C15H12BrClN2O/c1-10(11-6-8-12(17)9-7-11)18-19-15(20)13-4-2-3-5-14(13)16/h2-9H,1H3,(H,19,20)/b18-10+. The molecular weight excluding hydrogens is 340 g/mol. The topological polar surface area (TPSA) is 41.5 Å². The van der Waals surface area contributed by atoms with E-state index in [4.69, 9.17) is 11.6 Å². The molecule has 20 heavy (non-hydrogen) atoms. The minimum Gasteiger partial charge on any atom is -0.267 e. The Morgan fingerprint density at radius 1 is 1.15 bits per heavy atom. The fourth-order valence-electron chi connectivity index (χ4n) is 1.60. The smallest absolute Gasteiger partial charge is 0.267 e. The van der Waals surface area contributed by atoms with Gasteiger partial charge in [0, 0.05) is 9.50 Å². The van der Waals surface area contributed by atoms with Crippen molar-refractivity contribution in [1.82, 2.24) is 5.43 Å². The maximum atomic E-state index is 12.0. The van der Waals surface area contributed by atoms with E-state index in [1.54, 1.807) is 24.3 Å². The molecule has 0 fully saturated rings. The predicted molar refractivity (Wildman–Crippen MR) is 85.3 cm³/mol. The van der Waals surface area contributed by atoms with Gasteiger partial charge in [0.05, 0.1) is 11.3 Å². The van der Waals surface area contributed by atoms with E-state index < -0.39 is 0 Å². The number of nitrogens with zero attached hydrogens (tertiary/aromatic N) is 1. The molecule has 0 aliphatic heterocycles. The molecule has 0 aliphatic rings. The Hall–Kier alpha value is -1.65. The second-order valence-electron chi connectivity index (χ2n) is 4.12. The molecule has 3 nitrogen and oxygen atoms in total. The van der Waals surface area contributed by atoms with Crippen molar-refractivity contribution >= 4 is 39.1 Å². The van der Waals surface area contributed by atoms with Gasteiger partial charge >= 0.3 is 0 Å². The summed E-state index contributed by atoms with van der Waals surface area (Å²) in [6.07, 6.45) is 0. The molecule has 0 atom stereocenters. The van der Waals surface area contributed by atoms with E-state index >= 15 is 0 Å². The number of carbonyl (C=O) groups excluding carboxylic acids is 1. The number of hydrazone groups is 1. The average Bonchev–Trinajstić information content (AvgIpc) is 2.45. The van der Waals surface area contributed by atoms with Crippen molar-refractivity contribution in [2.75, 3.05) is 0 Å². The number of amides is 1. The highest BCUT2D eigenvalue weighted by molar-refractivity contribution is 9.10. The first-order valence-corrected chi connectivity index (χ1v) is 7.10. The van der Waals surface area contributed by atoms with Gasteiger partial charge in [0.15, 0.2) is 0 Å². The van der Waals surface area contributed by atoms with Crippen LogP contribution in [0.15, 0.2) is 58.1 Å². The Balaban J connectivity index is 2.11. The normalized spacial score (nSPS) is 11.2. The van der Waals surface area contributed by atoms with Crippen LogP contribution in [0.4, 0.5) is 0 Å². The second kappa shape index (κ2) is 6.68. The van der Waals surface area contributed by atoms with E-state index in [0.29, 0.717) is 16.3 Å². The number of rotatable bonds is 3. The first kappa shape index (κ1) is 14.8. The van der Waals surface area contributed by atoms with E-state index in [9.17, 15) is 4.79 Å². The third kappa shape index (κ3) is 3.68. The van der Waals surface area contributed by atoms with Crippen molar-refractivity contribution in [3.05, 3.63) is 69.2 Å². The molecule has 0 aromatic heterocycles. The summed E-state index contributed by atoms with van der Waals surface area (Å²) < 4.78 is 0.733. The van der Waals surface area contributed by atoms with Gasteiger partial charge in [-0.1, -0.05) is 35.9 Å². The van der Waals surface area contributed by atoms with Crippen molar-refractivity contribution in [1.29, 1.82) is 0 Å². The zero-order valence-electron chi connectivity index (χ0n) is 10.7. The van der Waals surface area contributed by atoms with Gasteiger partial charge in [0.2, 0.25) is 0 Å². The maximum Gasteiger partial charge on any atom is 0.272 e. The van der Waals surface area contributed by atoms with Crippen LogP contribution in [-0.4, -0.2) is 11.6 Å². The van der Waals surface area contributed by atoms with Gasteiger partial charge in [0.25, 0.3) is 5.91 Å². The summed E-state index contributed by atoms with van der Waals surface area (Å²) in [5, 5.41) is 4.76. The highest BCUT2D eigenvalue weighted by atomic mass is 79.9. The molecule has 1 amide bonds. The van der Waals surface area contributed by atoms with E-state index in [1.807, 2.05) is 31.2 Å². The fourth-order valence-corrected chi connectivity index (χ4v) is 2.19. The lowest BCUT2D eigenvalue weighted by molar-refractivity contribution is 0.0954. The lowest BCUT2D eigenvalue weighted by Gasteiger charge is -2.04. The Morgan fingerprint density at radius 3 is 2.45 bits per heavy atom. The SMILES string of the molecule is C/C(=N\NC(=O)c1ccccc1Br)c1ccc(Cl)cc1. The number of nitrogens with one attached hydrogen (secondary N) is 1. The molecule has 0 saturated carbocycles. The summed E-state index contributed by atoms with van der Waals surface area (Å²) in [6.45, 7) is 1.82. The summed E-state index contributed by atoms with van der Waals surface area (Å²) in [5.41, 5.74) is 4.70. The van der Waals surface area contributed by atoms with Crippen LogP contribution in [0.1, 0.15) is 22.8 Å². The van der Waals surface area contributed by atoms with Crippen molar-refractivity contribution in [3.8, 4) is 0 Å². The molecule has 0 spiro atoms. The summed E-state index contributed by atoms with van der Waals surface area (Å²) >= 11 is 9.16. The van der Waals surface area contributed by atoms with E-state index in [0.717, 1.165) is 10.0 Å². The van der Waals surface area contributed by atoms with Crippen LogP contribution in [0.2, 0.25) is 5.02 Å². The van der Waals surface area contributed by atoms with E-state index in [2.05, 4.69) is 26.5 Å². The van der Waals surface area contributed by atoms with Gasteiger partial charge in [-0.2, -0.15) is 5.10 Å². The molecule has 2 rings (SSSR count). The Morgan fingerprint density at radius 2 is 1.80 bits per heavy atom. The molecule has 0 aliphatic carbocycles. The molecule has 2 aromatic carbocycles. The summed E-state index contributed by atoms with van der Waals surface area (Å²) in [7, 11) is 0. The number of hydrogen-bond acceptors (Lipinski definition) is 2. The summed E-state index contributed by atoms with van der Waals surface area (Å²) in [6, 6.07) is 14.5. The van der Waals surface area contributed by atoms with Crippen LogP contribution in [0.5, 0.6) is 0 Å². The molecule has 0 bridgehead atoms. The van der Waals surface area contributed by atoms with Gasteiger partial charge in [-0.25, -0.2) is 5.43 Å². The van der Waals surface area contributed by atoms with Gasteiger partial charge < -0.3 is 0 Å². The molecular formula is C15H12BrClN2O. The van der Waals surface area contributed by atoms with Gasteiger partial charge in [-0.05, 0) is 52.7 Å². The van der Waals surface area contributed by atoms with Gasteiger partial charge in [-0.3, -0.25) is 4.79 Å². The Kier molecular flexibility index (Phi) is 4.93. The third-order valence-electron chi connectivity index (χ3n) is 2.71. The largest absolute Gasteiger partial charge is 0.272 e. The first-order chi connectivity index (χ1) is 9.58. The highest BCUT2D eigenvalue weighted by Gasteiger charge is 2.08. The second-order valence-corrected chi connectivity index (χ2v) is 5.42. The molecule has 0 saturated heterocycles. The minimum absolute atomic E-state index is 0.259. The third-order valence-corrected chi connectivity index (χ3v) is 3.65. The quantitative estimate of drug-likeness (QED) is 0.651. The zero-order chi connectivity index (χ0) is 14.5. The molecule has 1 N–H and O–H groups in total. The Labute approximate surface area is 130 Å². The predicted octanol–water partition coefficient (Wildman–Crippen LogP) is 4.26. The molecule has 102 valence electrons. The number of halogens is 2. The van der Waals surface area contributed by atoms with Crippen molar-refractivity contribution < 1.29 is 4.79 Å². The Bertz CT molecular complexity index is 653. The molecule has 2 aromatic rings. The monoisotopic (exact) mass is 350 g/mol. The van der Waals surface area contributed by atoms with Crippen LogP contribution in [0.25, 0.3) is 0 Å². The van der Waals surface area contributed by atoms with Crippen LogP contribution in [-0.2, 0) is 0 Å². The zero-order valence-corrected chi connectivity index (χ0v) is 13.1. The molecule has 0 radical (unpaired) electrons. The van der Waals surface area contributed by atoms with Gasteiger partial charge in [0.1, 0.15) is 0 Å². The molecule has 5 heteroatoms. The van der Waals surface area contributed by atoms with Crippen molar-refractivity contribution in [3.63, 3.8) is 0 Å². The van der Waals surface area contributed by atoms with Crippen LogP contribution in [0, 0.1) is 0 Å². The number of benzene rings is 2. The highest BCUT2D eigenvalue weighted by Crippen LogP contribution is 2.15. The molecule has 0 unspecified atom stereocenters. The molecule has 0 heterocycles. The maximum absolute atomic E-state index is 12.0. The summed E-state index contributed by atoms with van der Waals surface area (Å²) in [4.78, 5) is 12.0. The van der Waals surface area contributed by atoms with E-state index in [1.165, 1.54) is 0 Å². The van der Waals surface area contributed by atoms with Crippen LogP contribution < -0.4 is 5.43 Å². The van der Waals surface area contributed by atoms with Crippen LogP contribution in [0.3, 0.4) is 0 Å². The lowest BCUT2D eigenvalue weighted by Crippen LogP contribution is -2.19. The number of carbonyl (C=O) groups is 1. The first-order valence-electron chi connectivity index (χ1n) is 5.93. The number of hydrogen-bond donors (Lipinski definition) is 1. The van der Waals surface area contributed by atoms with Crippen molar-refractivity contribution in [2.45, 2.75) is 6.92 Å². The lowest BCUT2D eigenvalue weighted by atomic mass is 10.1. The average molecular weight is 352 g/mol. The van der Waals surface area contributed by atoms with Crippen molar-refractivity contribution in [2.24, 2.45) is 5.10 Å². The van der Waals surface area contributed by atoms with Crippen LogP contribution >= 0.6 is 27.5 Å². The van der Waals surface area contributed by atoms with E-state index in [-0.39, 0.29) is 5.91 Å².